The van der Waals surface area contributed by atoms with Crippen LogP contribution in [0.1, 0.15) is 36.9 Å². The Bertz CT molecular complexity index is 859. The second-order valence-electron chi connectivity index (χ2n) is 6.73. The van der Waals surface area contributed by atoms with Gasteiger partial charge in [0.25, 0.3) is 0 Å². The van der Waals surface area contributed by atoms with Crippen molar-refractivity contribution in [1.29, 1.82) is 0 Å². The van der Waals surface area contributed by atoms with Gasteiger partial charge in [-0.1, -0.05) is 18.2 Å². The SMILES string of the molecule is CC(=O)N(C)C1CCc2c(-c3csc(NC4=NCCCN4)n3)cccc21. The lowest BCUT2D eigenvalue weighted by molar-refractivity contribution is -0.129. The van der Waals surface area contributed by atoms with Gasteiger partial charge in [-0.2, -0.15) is 0 Å². The number of aromatic nitrogens is 1. The van der Waals surface area contributed by atoms with Crippen molar-refractivity contribution in [3.63, 3.8) is 0 Å². The number of anilines is 1. The minimum atomic E-state index is 0.106. The molecule has 1 aromatic carbocycles. The Morgan fingerprint density at radius 2 is 2.31 bits per heavy atom. The van der Waals surface area contributed by atoms with Gasteiger partial charge < -0.3 is 15.5 Å². The van der Waals surface area contributed by atoms with Crippen LogP contribution in [0.15, 0.2) is 28.6 Å². The summed E-state index contributed by atoms with van der Waals surface area (Å²) in [6, 6.07) is 6.51. The smallest absolute Gasteiger partial charge is 0.219 e. The topological polar surface area (TPSA) is 69.6 Å². The summed E-state index contributed by atoms with van der Waals surface area (Å²) >= 11 is 1.59. The number of hydrogen-bond acceptors (Lipinski definition) is 6. The third-order valence-electron chi connectivity index (χ3n) is 5.11. The predicted octanol–water partition coefficient (Wildman–Crippen LogP) is 3.04. The van der Waals surface area contributed by atoms with Crippen LogP contribution in [0.3, 0.4) is 0 Å². The first kappa shape index (κ1) is 17.0. The molecular weight excluding hydrogens is 346 g/mol. The van der Waals surface area contributed by atoms with Crippen LogP contribution in [0.4, 0.5) is 5.13 Å². The number of carbonyl (C=O) groups excluding carboxylic acids is 1. The van der Waals surface area contributed by atoms with Gasteiger partial charge in [0.1, 0.15) is 0 Å². The molecule has 2 aromatic rings. The molecule has 1 aliphatic carbocycles. The summed E-state index contributed by atoms with van der Waals surface area (Å²) in [5.74, 6) is 0.910. The number of nitrogens with one attached hydrogen (secondary N) is 2. The van der Waals surface area contributed by atoms with E-state index in [1.165, 1.54) is 16.7 Å². The summed E-state index contributed by atoms with van der Waals surface area (Å²) in [5, 5.41) is 9.46. The summed E-state index contributed by atoms with van der Waals surface area (Å²) in [6.45, 7) is 3.42. The van der Waals surface area contributed by atoms with Gasteiger partial charge in [0.05, 0.1) is 11.7 Å². The van der Waals surface area contributed by atoms with Crippen LogP contribution >= 0.6 is 11.3 Å². The van der Waals surface area contributed by atoms with E-state index in [0.717, 1.165) is 49.1 Å². The molecule has 1 aliphatic heterocycles. The van der Waals surface area contributed by atoms with Crippen LogP contribution in [0.5, 0.6) is 0 Å². The van der Waals surface area contributed by atoms with Crippen LogP contribution in [0.2, 0.25) is 0 Å². The molecule has 1 amide bonds. The molecule has 0 radical (unpaired) electrons. The monoisotopic (exact) mass is 369 g/mol. The minimum absolute atomic E-state index is 0.106. The molecule has 0 spiro atoms. The van der Waals surface area contributed by atoms with E-state index in [1.807, 2.05) is 11.9 Å². The Morgan fingerprint density at radius 1 is 1.42 bits per heavy atom. The van der Waals surface area contributed by atoms with Crippen LogP contribution in [0.25, 0.3) is 11.3 Å². The largest absolute Gasteiger partial charge is 0.356 e. The first-order valence-corrected chi connectivity index (χ1v) is 9.88. The number of thiazole rings is 1. The second kappa shape index (κ2) is 7.07. The molecule has 6 nitrogen and oxygen atoms in total. The normalized spacial score (nSPS) is 18.7. The number of aliphatic imine (C=N–C) groups is 1. The van der Waals surface area contributed by atoms with Gasteiger partial charge in [-0.05, 0) is 30.4 Å². The van der Waals surface area contributed by atoms with Gasteiger partial charge in [0.15, 0.2) is 11.1 Å². The molecule has 0 fully saturated rings. The van der Waals surface area contributed by atoms with Gasteiger partial charge in [0.2, 0.25) is 5.91 Å². The summed E-state index contributed by atoms with van der Waals surface area (Å²) in [5.41, 5.74) is 4.72. The fraction of sp³-hybridized carbons (Fsp3) is 0.421. The predicted molar refractivity (Wildman–Crippen MR) is 106 cm³/mol. The highest BCUT2D eigenvalue weighted by Crippen LogP contribution is 2.40. The first-order chi connectivity index (χ1) is 12.6. The maximum absolute atomic E-state index is 11.8. The van der Waals surface area contributed by atoms with Crippen molar-refractivity contribution in [2.75, 3.05) is 25.5 Å². The molecule has 1 aromatic heterocycles. The Kier molecular flexibility index (Phi) is 4.63. The average molecular weight is 369 g/mol. The number of fused-ring (bicyclic) bond motifs is 1. The minimum Gasteiger partial charge on any atom is -0.356 e. The van der Waals surface area contributed by atoms with Crippen LogP contribution in [-0.4, -0.2) is 41.9 Å². The quantitative estimate of drug-likeness (QED) is 0.872. The molecule has 0 bridgehead atoms. The molecule has 2 aliphatic rings. The fourth-order valence-corrected chi connectivity index (χ4v) is 4.38. The van der Waals surface area contributed by atoms with Crippen LogP contribution < -0.4 is 10.6 Å². The average Bonchev–Trinajstić information content (AvgIpc) is 3.28. The van der Waals surface area contributed by atoms with Crippen molar-refractivity contribution in [1.82, 2.24) is 15.2 Å². The zero-order valence-corrected chi connectivity index (χ0v) is 15.9. The lowest BCUT2D eigenvalue weighted by atomic mass is 10.00. The lowest BCUT2D eigenvalue weighted by Gasteiger charge is -2.24. The van der Waals surface area contributed by atoms with Gasteiger partial charge >= 0.3 is 0 Å². The number of amides is 1. The molecule has 2 heterocycles. The number of hydrogen-bond donors (Lipinski definition) is 2. The van der Waals surface area contributed by atoms with Crippen molar-refractivity contribution in [3.8, 4) is 11.3 Å². The summed E-state index contributed by atoms with van der Waals surface area (Å²) in [7, 11) is 1.89. The van der Waals surface area contributed by atoms with E-state index in [9.17, 15) is 4.79 Å². The van der Waals surface area contributed by atoms with Gasteiger partial charge in [-0.3, -0.25) is 9.79 Å². The molecule has 2 N–H and O–H groups in total. The van der Waals surface area contributed by atoms with Gasteiger partial charge in [-0.25, -0.2) is 4.98 Å². The Balaban J connectivity index is 1.60. The van der Waals surface area contributed by atoms with Crippen LogP contribution in [-0.2, 0) is 11.2 Å². The zero-order chi connectivity index (χ0) is 18.1. The van der Waals surface area contributed by atoms with E-state index >= 15 is 0 Å². The molecular formula is C19H23N5OS. The van der Waals surface area contributed by atoms with E-state index in [2.05, 4.69) is 39.2 Å². The third kappa shape index (κ3) is 3.19. The molecule has 0 saturated heterocycles. The maximum Gasteiger partial charge on any atom is 0.219 e. The van der Waals surface area contributed by atoms with Crippen molar-refractivity contribution >= 4 is 28.3 Å². The Hall–Kier alpha value is -2.41. The number of rotatable bonds is 3. The fourth-order valence-electron chi connectivity index (χ4n) is 3.67. The molecule has 26 heavy (non-hydrogen) atoms. The zero-order valence-electron chi connectivity index (χ0n) is 15.1. The number of guanidine groups is 1. The van der Waals surface area contributed by atoms with E-state index < -0.39 is 0 Å². The summed E-state index contributed by atoms with van der Waals surface area (Å²) in [6.07, 6.45) is 3.01. The van der Waals surface area contributed by atoms with E-state index in [0.29, 0.717) is 0 Å². The third-order valence-corrected chi connectivity index (χ3v) is 5.86. The van der Waals surface area contributed by atoms with E-state index in [-0.39, 0.29) is 11.9 Å². The summed E-state index contributed by atoms with van der Waals surface area (Å²) < 4.78 is 0. The Labute approximate surface area is 157 Å². The maximum atomic E-state index is 11.8. The summed E-state index contributed by atoms with van der Waals surface area (Å²) in [4.78, 5) is 22.8. The highest BCUT2D eigenvalue weighted by Gasteiger charge is 2.29. The van der Waals surface area contributed by atoms with Crippen molar-refractivity contribution in [2.45, 2.75) is 32.2 Å². The van der Waals surface area contributed by atoms with Crippen molar-refractivity contribution in [2.24, 2.45) is 4.99 Å². The van der Waals surface area contributed by atoms with Crippen molar-refractivity contribution in [3.05, 3.63) is 34.7 Å². The molecule has 1 unspecified atom stereocenters. The van der Waals surface area contributed by atoms with E-state index in [4.69, 9.17) is 4.98 Å². The number of benzene rings is 1. The van der Waals surface area contributed by atoms with Crippen LogP contribution in [0, 0.1) is 0 Å². The lowest BCUT2D eigenvalue weighted by Crippen LogP contribution is -2.35. The van der Waals surface area contributed by atoms with Gasteiger partial charge in [-0.15, -0.1) is 11.3 Å². The first-order valence-electron chi connectivity index (χ1n) is 9.00. The molecule has 1 atom stereocenters. The molecule has 7 heteroatoms. The Morgan fingerprint density at radius 3 is 3.08 bits per heavy atom. The highest BCUT2D eigenvalue weighted by atomic mass is 32.1. The number of carbonyl (C=O) groups is 1. The number of nitrogens with zero attached hydrogens (tertiary/aromatic N) is 3. The standard InChI is InChI=1S/C19H23N5OS/c1-12(25)24(2)17-8-7-13-14(5-3-6-15(13)17)16-11-26-19(22-16)23-18-20-9-4-10-21-18/h3,5-6,11,17H,4,7-10H2,1-2H3,(H2,20,21,22,23). The highest BCUT2D eigenvalue weighted by molar-refractivity contribution is 7.14. The second-order valence-corrected chi connectivity index (χ2v) is 7.59. The van der Waals surface area contributed by atoms with E-state index in [1.54, 1.807) is 18.3 Å². The van der Waals surface area contributed by atoms with Gasteiger partial charge in [0, 0.05) is 38.0 Å². The van der Waals surface area contributed by atoms with Crippen molar-refractivity contribution < 1.29 is 4.79 Å². The molecule has 136 valence electrons. The molecule has 4 rings (SSSR count). The molecule has 0 saturated carbocycles.